The van der Waals surface area contributed by atoms with Crippen LogP contribution in [0.3, 0.4) is 0 Å². The molecule has 0 amide bonds. The van der Waals surface area contributed by atoms with Crippen LogP contribution in [-0.4, -0.2) is 35.9 Å². The van der Waals surface area contributed by atoms with Crippen molar-refractivity contribution in [1.82, 2.24) is 10.2 Å². The van der Waals surface area contributed by atoms with Crippen LogP contribution >= 0.6 is 0 Å². The lowest BCUT2D eigenvalue weighted by atomic mass is 10.0. The molecule has 0 spiro atoms. The van der Waals surface area contributed by atoms with Gasteiger partial charge in [-0.2, -0.15) is 5.10 Å². The predicted octanol–water partition coefficient (Wildman–Crippen LogP) is 5.81. The minimum atomic E-state index is 0.426. The molecule has 0 aliphatic rings. The van der Waals surface area contributed by atoms with Crippen LogP contribution in [0.25, 0.3) is 11.1 Å². The van der Waals surface area contributed by atoms with E-state index in [9.17, 15) is 0 Å². The van der Waals surface area contributed by atoms with Crippen molar-refractivity contribution in [2.45, 2.75) is 68.4 Å². The molecular formula is C23H41N5O. The molecule has 0 saturated heterocycles. The molecule has 6 nitrogen and oxygen atoms in total. The quantitative estimate of drug-likeness (QED) is 0.451. The van der Waals surface area contributed by atoms with Crippen LogP contribution in [0.4, 0.5) is 0 Å². The molecule has 2 rings (SSSR count). The van der Waals surface area contributed by atoms with Gasteiger partial charge < -0.3 is 10.5 Å². The fraction of sp³-hybridized carbons (Fsp3) is 0.522. The Bertz CT molecular complexity index is 688. The molecule has 6 heteroatoms. The van der Waals surface area contributed by atoms with Gasteiger partial charge in [-0.05, 0) is 37.3 Å². The van der Waals surface area contributed by atoms with Gasteiger partial charge in [-0.1, -0.05) is 60.6 Å². The van der Waals surface area contributed by atoms with Crippen LogP contribution in [0.15, 0.2) is 34.3 Å². The van der Waals surface area contributed by atoms with Crippen LogP contribution < -0.4 is 10.5 Å². The summed E-state index contributed by atoms with van der Waals surface area (Å²) in [6.45, 7) is 16.9. The summed E-state index contributed by atoms with van der Waals surface area (Å²) in [6.07, 6.45) is 2.73. The molecule has 0 unspecified atom stereocenters. The molecule has 1 aromatic carbocycles. The summed E-state index contributed by atoms with van der Waals surface area (Å²) in [5, 5.41) is 7.37. The number of amidine groups is 1. The predicted molar refractivity (Wildman–Crippen MR) is 128 cm³/mol. The Balaban J connectivity index is 0. The summed E-state index contributed by atoms with van der Waals surface area (Å²) in [5.41, 5.74) is 9.88. The van der Waals surface area contributed by atoms with E-state index in [-0.39, 0.29) is 0 Å². The van der Waals surface area contributed by atoms with Crippen molar-refractivity contribution in [3.05, 3.63) is 35.7 Å². The third-order valence-corrected chi connectivity index (χ3v) is 3.40. The van der Waals surface area contributed by atoms with E-state index in [1.165, 1.54) is 0 Å². The Morgan fingerprint density at radius 2 is 1.69 bits per heavy atom. The highest BCUT2D eigenvalue weighted by Gasteiger charge is 2.12. The second-order valence-corrected chi connectivity index (χ2v) is 5.14. The van der Waals surface area contributed by atoms with E-state index in [0.717, 1.165) is 34.7 Å². The maximum Gasteiger partial charge on any atom is 0.118 e. The number of aliphatic imine (C=N–C) groups is 2. The second kappa shape index (κ2) is 18.7. The first-order chi connectivity index (χ1) is 14.2. The number of H-pyrrole nitrogens is 1. The van der Waals surface area contributed by atoms with E-state index in [4.69, 9.17) is 10.5 Å². The summed E-state index contributed by atoms with van der Waals surface area (Å²) in [6, 6.07) is 7.89. The summed E-state index contributed by atoms with van der Waals surface area (Å²) < 4.78 is 5.20. The summed E-state index contributed by atoms with van der Waals surface area (Å²) in [5.74, 6) is 1.34. The van der Waals surface area contributed by atoms with E-state index in [1.807, 2.05) is 85.9 Å². The van der Waals surface area contributed by atoms with E-state index in [0.29, 0.717) is 18.9 Å². The largest absolute Gasteiger partial charge is 0.497 e. The molecular weight excluding hydrogens is 362 g/mol. The van der Waals surface area contributed by atoms with Crippen molar-refractivity contribution in [2.75, 3.05) is 13.7 Å². The Labute approximate surface area is 177 Å². The van der Waals surface area contributed by atoms with Crippen molar-refractivity contribution < 1.29 is 4.74 Å². The van der Waals surface area contributed by atoms with Gasteiger partial charge in [-0.15, -0.1) is 0 Å². The first kappa shape index (κ1) is 28.6. The molecule has 164 valence electrons. The van der Waals surface area contributed by atoms with E-state index >= 15 is 0 Å². The van der Waals surface area contributed by atoms with Crippen LogP contribution in [0.2, 0.25) is 0 Å². The van der Waals surface area contributed by atoms with Gasteiger partial charge in [0.2, 0.25) is 0 Å². The second-order valence-electron chi connectivity index (χ2n) is 5.14. The Morgan fingerprint density at radius 1 is 1.10 bits per heavy atom. The Morgan fingerprint density at radius 3 is 2.21 bits per heavy atom. The van der Waals surface area contributed by atoms with Crippen molar-refractivity contribution in [2.24, 2.45) is 15.7 Å². The van der Waals surface area contributed by atoms with Crippen molar-refractivity contribution in [1.29, 1.82) is 0 Å². The zero-order valence-corrected chi connectivity index (χ0v) is 19.8. The zero-order chi connectivity index (χ0) is 22.7. The summed E-state index contributed by atoms with van der Waals surface area (Å²) >= 11 is 0. The molecule has 0 fully saturated rings. The molecule has 0 radical (unpaired) electrons. The van der Waals surface area contributed by atoms with Gasteiger partial charge in [-0.25, -0.2) is 0 Å². The number of hydrogen-bond acceptors (Lipinski definition) is 4. The fourth-order valence-corrected chi connectivity index (χ4v) is 2.25. The molecule has 3 N–H and O–H groups in total. The van der Waals surface area contributed by atoms with Gasteiger partial charge in [0.15, 0.2) is 0 Å². The molecule has 0 saturated carbocycles. The van der Waals surface area contributed by atoms with Gasteiger partial charge in [0.25, 0.3) is 0 Å². The topological polar surface area (TPSA) is 88.6 Å². The third-order valence-electron chi connectivity index (χ3n) is 3.40. The first-order valence-corrected chi connectivity index (χ1v) is 10.6. The van der Waals surface area contributed by atoms with Crippen LogP contribution in [0.1, 0.15) is 66.3 Å². The summed E-state index contributed by atoms with van der Waals surface area (Å²) in [7, 11) is 1.65. The zero-order valence-electron chi connectivity index (χ0n) is 19.8. The SMILES string of the molecule is CC.CC.CC.CCC=NCC(N)=NCc1n[nH]c(C)c1-c1ccc(OC)cc1. The van der Waals surface area contributed by atoms with E-state index in [1.54, 1.807) is 7.11 Å². The van der Waals surface area contributed by atoms with Gasteiger partial charge in [0, 0.05) is 11.3 Å². The number of nitrogens with two attached hydrogens (primary N) is 1. The number of aromatic nitrogens is 2. The van der Waals surface area contributed by atoms with Crippen LogP contribution in [0.5, 0.6) is 5.75 Å². The molecule has 0 bridgehead atoms. The van der Waals surface area contributed by atoms with Crippen LogP contribution in [-0.2, 0) is 6.54 Å². The number of nitrogens with zero attached hydrogens (tertiary/aromatic N) is 3. The minimum Gasteiger partial charge on any atom is -0.497 e. The number of aryl methyl sites for hydroxylation is 1. The normalized spacial score (nSPS) is 10.2. The van der Waals surface area contributed by atoms with Crippen molar-refractivity contribution in [3.63, 3.8) is 0 Å². The number of aromatic amines is 1. The molecule has 0 atom stereocenters. The minimum absolute atomic E-state index is 0.426. The smallest absolute Gasteiger partial charge is 0.118 e. The van der Waals surface area contributed by atoms with E-state index in [2.05, 4.69) is 20.2 Å². The average molecular weight is 404 g/mol. The third kappa shape index (κ3) is 10.5. The van der Waals surface area contributed by atoms with Gasteiger partial charge in [-0.3, -0.25) is 15.1 Å². The standard InChI is InChI=1S/C17H23N5O.3C2H6/c1-4-9-19-11-16(18)20-10-15-17(12(2)21-22-15)13-5-7-14(23-3)8-6-13;3*1-2/h5-9H,4,10-11H2,1-3H3,(H2,18,20)(H,21,22);3*1-2H3. The maximum absolute atomic E-state index is 5.88. The van der Waals surface area contributed by atoms with Gasteiger partial charge >= 0.3 is 0 Å². The average Bonchev–Trinajstić information content (AvgIpc) is 3.17. The highest BCUT2D eigenvalue weighted by molar-refractivity contribution is 5.83. The molecule has 1 aromatic heterocycles. The molecule has 29 heavy (non-hydrogen) atoms. The lowest BCUT2D eigenvalue weighted by Crippen LogP contribution is -2.16. The number of benzene rings is 1. The number of nitrogens with one attached hydrogen (secondary N) is 1. The lowest BCUT2D eigenvalue weighted by molar-refractivity contribution is 0.415. The monoisotopic (exact) mass is 403 g/mol. The molecule has 2 aromatic rings. The highest BCUT2D eigenvalue weighted by atomic mass is 16.5. The number of rotatable bonds is 7. The Kier molecular flexibility index (Phi) is 18.4. The van der Waals surface area contributed by atoms with Crippen LogP contribution in [0, 0.1) is 6.92 Å². The lowest BCUT2D eigenvalue weighted by Gasteiger charge is -2.05. The number of hydrogen-bond donors (Lipinski definition) is 2. The molecule has 1 heterocycles. The van der Waals surface area contributed by atoms with Gasteiger partial charge in [0.1, 0.15) is 11.6 Å². The van der Waals surface area contributed by atoms with E-state index < -0.39 is 0 Å². The molecule has 0 aliphatic heterocycles. The van der Waals surface area contributed by atoms with Crippen molar-refractivity contribution in [3.8, 4) is 16.9 Å². The number of methoxy groups -OCH3 is 1. The summed E-state index contributed by atoms with van der Waals surface area (Å²) in [4.78, 5) is 8.56. The van der Waals surface area contributed by atoms with Crippen molar-refractivity contribution >= 4 is 12.1 Å². The van der Waals surface area contributed by atoms with Gasteiger partial charge in [0.05, 0.1) is 25.9 Å². The Hall–Kier alpha value is -2.63. The highest BCUT2D eigenvalue weighted by Crippen LogP contribution is 2.27. The first-order valence-electron chi connectivity index (χ1n) is 10.6. The molecule has 0 aliphatic carbocycles. The number of ether oxygens (including phenoxy) is 1. The maximum atomic E-state index is 5.88. The fourth-order valence-electron chi connectivity index (χ4n) is 2.25.